The fraction of sp³-hybridized carbons (Fsp3) is 0.273. The Bertz CT molecular complexity index is 951. The van der Waals surface area contributed by atoms with Crippen molar-refractivity contribution in [2.45, 2.75) is 20.0 Å². The lowest BCUT2D eigenvalue weighted by atomic mass is 10.1. The molecular weight excluding hydrogens is 412 g/mol. The van der Waals surface area contributed by atoms with Crippen LogP contribution in [0.25, 0.3) is 6.08 Å². The summed E-state index contributed by atoms with van der Waals surface area (Å²) in [6, 6.07) is 7.89. The van der Waals surface area contributed by atoms with Crippen LogP contribution in [0.15, 0.2) is 36.4 Å². The van der Waals surface area contributed by atoms with Gasteiger partial charge in [0.05, 0.1) is 25.3 Å². The van der Waals surface area contributed by atoms with Crippen molar-refractivity contribution in [3.05, 3.63) is 52.6 Å². The van der Waals surface area contributed by atoms with E-state index in [1.807, 2.05) is 13.8 Å². The topological polar surface area (TPSA) is 91.3 Å². The van der Waals surface area contributed by atoms with Crippen LogP contribution in [0.1, 0.15) is 29.8 Å². The minimum atomic E-state index is -1.11. The summed E-state index contributed by atoms with van der Waals surface area (Å²) < 4.78 is 21.3. The van der Waals surface area contributed by atoms with E-state index < -0.39 is 12.6 Å². The lowest BCUT2D eigenvalue weighted by Gasteiger charge is -2.15. The second-order valence-corrected chi connectivity index (χ2v) is 6.85. The van der Waals surface area contributed by atoms with E-state index in [1.54, 1.807) is 18.2 Å². The molecule has 0 aliphatic rings. The van der Waals surface area contributed by atoms with Crippen molar-refractivity contribution in [1.82, 2.24) is 0 Å². The van der Waals surface area contributed by atoms with Gasteiger partial charge in [-0.3, -0.25) is 4.79 Å². The molecule has 1 N–H and O–H groups in total. The van der Waals surface area contributed by atoms with Gasteiger partial charge < -0.3 is 24.1 Å². The molecule has 0 bridgehead atoms. The summed E-state index contributed by atoms with van der Waals surface area (Å²) in [7, 11) is 2.92. The number of allylic oxidation sites excluding steroid dienone is 1. The molecule has 0 saturated carbocycles. The zero-order valence-corrected chi connectivity index (χ0v) is 17.9. The maximum Gasteiger partial charge on any atom is 0.341 e. The summed E-state index contributed by atoms with van der Waals surface area (Å²) >= 11 is 6.30. The van der Waals surface area contributed by atoms with Crippen molar-refractivity contribution < 1.29 is 33.6 Å². The fourth-order valence-electron chi connectivity index (χ4n) is 2.53. The van der Waals surface area contributed by atoms with Gasteiger partial charge in [-0.2, -0.15) is 0 Å². The third-order valence-electron chi connectivity index (χ3n) is 3.83. The lowest BCUT2D eigenvalue weighted by Crippen LogP contribution is -2.10. The predicted molar refractivity (Wildman–Crippen MR) is 113 cm³/mol. The zero-order valence-electron chi connectivity index (χ0n) is 17.1. The van der Waals surface area contributed by atoms with Crippen molar-refractivity contribution in [2.75, 3.05) is 20.8 Å². The summed E-state index contributed by atoms with van der Waals surface area (Å²) in [6.45, 7) is 3.26. The molecule has 2 aromatic carbocycles. The van der Waals surface area contributed by atoms with Crippen LogP contribution in [-0.2, 0) is 4.79 Å². The van der Waals surface area contributed by atoms with Crippen molar-refractivity contribution in [1.29, 1.82) is 0 Å². The number of carboxylic acids is 1. The predicted octanol–water partition coefficient (Wildman–Crippen LogP) is 4.50. The summed E-state index contributed by atoms with van der Waals surface area (Å²) in [5, 5.41) is 9.09. The number of carbonyl (C=O) groups excluding carboxylic acids is 1. The molecule has 0 unspecified atom stereocenters. The largest absolute Gasteiger partial charge is 0.493 e. The second-order valence-electron chi connectivity index (χ2n) is 6.45. The molecule has 0 amide bonds. The van der Waals surface area contributed by atoms with Gasteiger partial charge in [0.15, 0.2) is 35.4 Å². The molecule has 7 nitrogen and oxygen atoms in total. The van der Waals surface area contributed by atoms with Crippen LogP contribution in [0, 0.1) is 0 Å². The molecule has 0 saturated heterocycles. The maximum absolute atomic E-state index is 12.5. The molecule has 2 aromatic rings. The van der Waals surface area contributed by atoms with Gasteiger partial charge in [-0.15, -0.1) is 0 Å². The van der Waals surface area contributed by atoms with Crippen molar-refractivity contribution in [2.24, 2.45) is 0 Å². The SMILES string of the molecule is COc1cc(C(=O)C=Cc2cc(Cl)c(OC(C)C)c(OC)c2)ccc1OCC(=O)O. The van der Waals surface area contributed by atoms with E-state index in [4.69, 9.17) is 35.7 Å². The van der Waals surface area contributed by atoms with E-state index in [0.717, 1.165) is 0 Å². The van der Waals surface area contributed by atoms with Gasteiger partial charge in [-0.1, -0.05) is 17.7 Å². The number of halogens is 1. The number of carbonyl (C=O) groups is 2. The first-order chi connectivity index (χ1) is 14.2. The highest BCUT2D eigenvalue weighted by molar-refractivity contribution is 6.32. The molecule has 0 spiro atoms. The second kappa shape index (κ2) is 10.5. The molecule has 0 atom stereocenters. The molecule has 0 aliphatic heterocycles. The monoisotopic (exact) mass is 434 g/mol. The molecular formula is C22H23ClO7. The summed E-state index contributed by atoms with van der Waals surface area (Å²) in [6.07, 6.45) is 2.93. The Balaban J connectivity index is 2.23. The minimum Gasteiger partial charge on any atom is -0.493 e. The highest BCUT2D eigenvalue weighted by Gasteiger charge is 2.14. The molecule has 0 radical (unpaired) electrons. The smallest absolute Gasteiger partial charge is 0.341 e. The third kappa shape index (κ3) is 6.15. The highest BCUT2D eigenvalue weighted by Crippen LogP contribution is 2.37. The number of methoxy groups -OCH3 is 2. The Morgan fingerprint density at radius 2 is 1.77 bits per heavy atom. The van der Waals surface area contributed by atoms with E-state index >= 15 is 0 Å². The van der Waals surface area contributed by atoms with E-state index in [-0.39, 0.29) is 23.4 Å². The van der Waals surface area contributed by atoms with Crippen LogP contribution < -0.4 is 18.9 Å². The van der Waals surface area contributed by atoms with E-state index in [2.05, 4.69) is 0 Å². The van der Waals surface area contributed by atoms with Crippen molar-refractivity contribution in [3.63, 3.8) is 0 Å². The number of rotatable bonds is 10. The first-order valence-corrected chi connectivity index (χ1v) is 9.42. The lowest BCUT2D eigenvalue weighted by molar-refractivity contribution is -0.139. The Hall–Kier alpha value is -3.19. The van der Waals surface area contributed by atoms with Gasteiger partial charge in [-0.25, -0.2) is 4.79 Å². The quantitative estimate of drug-likeness (QED) is 0.434. The van der Waals surface area contributed by atoms with Crippen molar-refractivity contribution >= 4 is 29.4 Å². The van der Waals surface area contributed by atoms with Gasteiger partial charge >= 0.3 is 5.97 Å². The van der Waals surface area contributed by atoms with Crippen LogP contribution in [-0.4, -0.2) is 43.8 Å². The number of aliphatic carboxylic acids is 1. The standard InChI is InChI=1S/C22H23ClO7/c1-13(2)30-22-16(23)9-14(10-20(22)28-4)5-7-17(24)15-6-8-18(19(11-15)27-3)29-12-21(25)26/h5-11,13H,12H2,1-4H3,(H,25,26). The first kappa shape index (κ1) is 23.1. The number of benzene rings is 2. The van der Waals surface area contributed by atoms with E-state index in [1.165, 1.54) is 38.5 Å². The summed E-state index contributed by atoms with van der Waals surface area (Å²) in [4.78, 5) is 23.2. The third-order valence-corrected chi connectivity index (χ3v) is 4.11. The first-order valence-electron chi connectivity index (χ1n) is 9.04. The van der Waals surface area contributed by atoms with Gasteiger partial charge in [0.25, 0.3) is 0 Å². The van der Waals surface area contributed by atoms with Gasteiger partial charge in [-0.05, 0) is 55.8 Å². The minimum absolute atomic E-state index is 0.0724. The molecule has 0 aliphatic carbocycles. The number of carboxylic acid groups (broad SMARTS) is 1. The highest BCUT2D eigenvalue weighted by atomic mass is 35.5. The molecule has 0 heterocycles. The van der Waals surface area contributed by atoms with Gasteiger partial charge in [0.2, 0.25) is 0 Å². The molecule has 2 rings (SSSR count). The Labute approximate surface area is 179 Å². The molecule has 160 valence electrons. The zero-order chi connectivity index (χ0) is 22.3. The van der Waals surface area contributed by atoms with Gasteiger partial charge in [0.1, 0.15) is 0 Å². The molecule has 0 aromatic heterocycles. The summed E-state index contributed by atoms with van der Waals surface area (Å²) in [5.41, 5.74) is 1.01. The van der Waals surface area contributed by atoms with Gasteiger partial charge in [0, 0.05) is 5.56 Å². The van der Waals surface area contributed by atoms with Crippen LogP contribution in [0.2, 0.25) is 5.02 Å². The number of ether oxygens (including phenoxy) is 4. The normalized spacial score (nSPS) is 10.9. The maximum atomic E-state index is 12.5. The molecule has 0 fully saturated rings. The van der Waals surface area contributed by atoms with E-state index in [0.29, 0.717) is 27.6 Å². The molecule has 30 heavy (non-hydrogen) atoms. The Kier molecular flexibility index (Phi) is 8.12. The van der Waals surface area contributed by atoms with Crippen LogP contribution in [0.4, 0.5) is 0 Å². The van der Waals surface area contributed by atoms with E-state index in [9.17, 15) is 9.59 Å². The Morgan fingerprint density at radius 3 is 2.37 bits per heavy atom. The van der Waals surface area contributed by atoms with Crippen LogP contribution in [0.5, 0.6) is 23.0 Å². The van der Waals surface area contributed by atoms with Crippen LogP contribution in [0.3, 0.4) is 0 Å². The number of ketones is 1. The number of hydrogen-bond donors (Lipinski definition) is 1. The van der Waals surface area contributed by atoms with Crippen LogP contribution >= 0.6 is 11.6 Å². The average molecular weight is 435 g/mol. The Morgan fingerprint density at radius 1 is 1.07 bits per heavy atom. The number of hydrogen-bond acceptors (Lipinski definition) is 6. The molecule has 8 heteroatoms. The summed E-state index contributed by atoms with van der Waals surface area (Å²) in [5.74, 6) is 0.00652. The fourth-order valence-corrected chi connectivity index (χ4v) is 2.80. The average Bonchev–Trinajstić information content (AvgIpc) is 2.71. The van der Waals surface area contributed by atoms with Crippen molar-refractivity contribution in [3.8, 4) is 23.0 Å².